The van der Waals surface area contributed by atoms with Gasteiger partial charge in [0, 0.05) is 16.4 Å². The average molecular weight is 237 g/mol. The molecule has 0 amide bonds. The predicted octanol–water partition coefficient (Wildman–Crippen LogP) is 2.75. The molecular weight excluding hydrogens is 218 g/mol. The molecule has 2 aliphatic carbocycles. The first-order chi connectivity index (χ1) is 8.35. The smallest absolute Gasteiger partial charge is 0.0703 e. The van der Waals surface area contributed by atoms with Crippen molar-refractivity contribution in [2.24, 2.45) is 10.8 Å². The lowest BCUT2D eigenvalue weighted by Gasteiger charge is -2.21. The zero-order valence-corrected chi connectivity index (χ0v) is 11.5. The summed E-state index contributed by atoms with van der Waals surface area (Å²) in [6.07, 6.45) is 13.3. The van der Waals surface area contributed by atoms with E-state index in [1.807, 2.05) is 0 Å². The summed E-state index contributed by atoms with van der Waals surface area (Å²) in [7, 11) is 0. The summed E-state index contributed by atoms with van der Waals surface area (Å²) in [4.78, 5) is 4.79. The van der Waals surface area contributed by atoms with E-state index in [2.05, 4.69) is 70.2 Å². The molecule has 1 aromatic rings. The standard InChI is InChI=1S/C17H19N/c1-16(2)8-6-14-13(10-16)9-12-5-7-17(3,4)11-15(12)18-14/h5-11H,1-4H3. The molecule has 0 bridgehead atoms. The van der Waals surface area contributed by atoms with Crippen molar-refractivity contribution in [1.82, 2.24) is 4.98 Å². The van der Waals surface area contributed by atoms with Gasteiger partial charge in [-0.2, -0.15) is 0 Å². The van der Waals surface area contributed by atoms with Crippen molar-refractivity contribution in [1.29, 1.82) is 0 Å². The van der Waals surface area contributed by atoms with Crippen molar-refractivity contribution in [3.8, 4) is 0 Å². The van der Waals surface area contributed by atoms with Gasteiger partial charge < -0.3 is 0 Å². The predicted molar refractivity (Wildman–Crippen MR) is 78.0 cm³/mol. The summed E-state index contributed by atoms with van der Waals surface area (Å²) in [6.45, 7) is 8.85. The van der Waals surface area contributed by atoms with Gasteiger partial charge in [0.25, 0.3) is 0 Å². The van der Waals surface area contributed by atoms with Gasteiger partial charge >= 0.3 is 0 Å². The van der Waals surface area contributed by atoms with Gasteiger partial charge in [0.2, 0.25) is 0 Å². The van der Waals surface area contributed by atoms with Crippen molar-refractivity contribution in [3.05, 3.63) is 40.0 Å². The summed E-state index contributed by atoms with van der Waals surface area (Å²) < 4.78 is 0. The number of hydrogen-bond acceptors (Lipinski definition) is 1. The van der Waals surface area contributed by atoms with Crippen molar-refractivity contribution in [2.45, 2.75) is 27.7 Å². The lowest BCUT2D eigenvalue weighted by atomic mass is 9.85. The van der Waals surface area contributed by atoms with Crippen LogP contribution in [0.15, 0.2) is 18.2 Å². The van der Waals surface area contributed by atoms with E-state index in [1.54, 1.807) is 0 Å². The molecule has 0 atom stereocenters. The zero-order valence-electron chi connectivity index (χ0n) is 11.5. The minimum Gasteiger partial charge on any atom is -0.248 e. The summed E-state index contributed by atoms with van der Waals surface area (Å²) in [5.74, 6) is 0. The zero-order chi connectivity index (χ0) is 13.0. The minimum absolute atomic E-state index is 0.107. The topological polar surface area (TPSA) is 12.9 Å². The molecule has 0 fully saturated rings. The maximum Gasteiger partial charge on any atom is 0.0703 e. The van der Waals surface area contributed by atoms with Crippen LogP contribution in [0.25, 0.3) is 24.3 Å². The third-order valence-corrected chi connectivity index (χ3v) is 3.54. The molecule has 18 heavy (non-hydrogen) atoms. The molecule has 0 saturated heterocycles. The molecule has 0 saturated carbocycles. The molecule has 92 valence electrons. The number of allylic oxidation sites excluding steroid dienone is 2. The largest absolute Gasteiger partial charge is 0.248 e. The van der Waals surface area contributed by atoms with Gasteiger partial charge in [0.15, 0.2) is 0 Å². The van der Waals surface area contributed by atoms with Crippen molar-refractivity contribution in [2.75, 3.05) is 0 Å². The maximum atomic E-state index is 4.79. The van der Waals surface area contributed by atoms with Crippen LogP contribution < -0.4 is 10.6 Å². The highest BCUT2D eigenvalue weighted by Gasteiger charge is 2.18. The van der Waals surface area contributed by atoms with Crippen LogP contribution in [0.3, 0.4) is 0 Å². The quantitative estimate of drug-likeness (QED) is 0.676. The van der Waals surface area contributed by atoms with E-state index in [0.717, 1.165) is 11.0 Å². The normalized spacial score (nSPS) is 21.6. The molecule has 2 aliphatic rings. The molecule has 1 aromatic heterocycles. The SMILES string of the molecule is CC1(C)C=Cc2nc3c(cc2=C1)C=CC(C)(C)C=3. The van der Waals surface area contributed by atoms with E-state index in [1.165, 1.54) is 10.8 Å². The van der Waals surface area contributed by atoms with Crippen LogP contribution in [0.4, 0.5) is 0 Å². The molecule has 1 nitrogen and oxygen atoms in total. The number of fused-ring (bicyclic) bond motifs is 2. The Morgan fingerprint density at radius 2 is 1.56 bits per heavy atom. The van der Waals surface area contributed by atoms with Crippen LogP contribution in [0.5, 0.6) is 0 Å². The molecule has 3 rings (SSSR count). The second-order valence-electron chi connectivity index (χ2n) is 6.54. The van der Waals surface area contributed by atoms with Gasteiger partial charge in [-0.1, -0.05) is 52.0 Å². The molecule has 0 unspecified atom stereocenters. The Labute approximate surface area is 108 Å². The molecule has 1 heterocycles. The van der Waals surface area contributed by atoms with Crippen LogP contribution in [0, 0.1) is 10.8 Å². The van der Waals surface area contributed by atoms with E-state index in [-0.39, 0.29) is 10.8 Å². The lowest BCUT2D eigenvalue weighted by molar-refractivity contribution is 0.663. The third-order valence-electron chi connectivity index (χ3n) is 3.54. The Bertz CT molecular complexity index is 623. The second-order valence-corrected chi connectivity index (χ2v) is 6.54. The lowest BCUT2D eigenvalue weighted by Crippen LogP contribution is -2.28. The second kappa shape index (κ2) is 3.44. The Kier molecular flexibility index (Phi) is 2.19. The Hall–Kier alpha value is -1.63. The third kappa shape index (κ3) is 1.94. The fourth-order valence-corrected chi connectivity index (χ4v) is 2.52. The summed E-state index contributed by atoms with van der Waals surface area (Å²) in [5, 5.41) is 2.36. The highest BCUT2D eigenvalue weighted by atomic mass is 14.7. The van der Waals surface area contributed by atoms with Gasteiger partial charge in [-0.15, -0.1) is 0 Å². The molecule has 0 radical (unpaired) electrons. The number of nitrogens with zero attached hydrogens (tertiary/aromatic N) is 1. The van der Waals surface area contributed by atoms with E-state index in [9.17, 15) is 0 Å². The molecule has 0 N–H and O–H groups in total. The van der Waals surface area contributed by atoms with E-state index in [0.29, 0.717) is 0 Å². The van der Waals surface area contributed by atoms with Crippen LogP contribution in [-0.4, -0.2) is 4.98 Å². The average Bonchev–Trinajstić information content (AvgIpc) is 2.25. The van der Waals surface area contributed by atoms with Crippen LogP contribution in [-0.2, 0) is 0 Å². The van der Waals surface area contributed by atoms with Gasteiger partial charge in [0.05, 0.1) is 11.0 Å². The van der Waals surface area contributed by atoms with Crippen molar-refractivity contribution >= 4 is 24.3 Å². The molecule has 1 heteroatoms. The highest BCUT2D eigenvalue weighted by Crippen LogP contribution is 2.25. The van der Waals surface area contributed by atoms with E-state index >= 15 is 0 Å². The number of rotatable bonds is 0. The fraction of sp³-hybridized carbons (Fsp3) is 0.353. The van der Waals surface area contributed by atoms with Crippen LogP contribution in [0.1, 0.15) is 39.0 Å². The maximum absolute atomic E-state index is 4.79. The number of aromatic nitrogens is 1. The fourth-order valence-electron chi connectivity index (χ4n) is 2.52. The van der Waals surface area contributed by atoms with Gasteiger partial charge in [-0.3, -0.25) is 0 Å². The Morgan fingerprint density at radius 1 is 0.889 bits per heavy atom. The minimum atomic E-state index is 0.107. The summed E-state index contributed by atoms with van der Waals surface area (Å²) in [6, 6.07) is 2.26. The van der Waals surface area contributed by atoms with Gasteiger partial charge in [-0.25, -0.2) is 4.98 Å². The first-order valence-corrected chi connectivity index (χ1v) is 6.50. The first-order valence-electron chi connectivity index (χ1n) is 6.50. The van der Waals surface area contributed by atoms with Gasteiger partial charge in [-0.05, 0) is 23.4 Å². The molecule has 0 aromatic carbocycles. The van der Waals surface area contributed by atoms with Crippen molar-refractivity contribution < 1.29 is 0 Å². The van der Waals surface area contributed by atoms with Crippen LogP contribution >= 0.6 is 0 Å². The number of hydrogen-bond donors (Lipinski definition) is 0. The molecule has 0 aliphatic heterocycles. The monoisotopic (exact) mass is 237 g/mol. The summed E-state index contributed by atoms with van der Waals surface area (Å²) in [5.41, 5.74) is 2.56. The van der Waals surface area contributed by atoms with Crippen molar-refractivity contribution in [3.63, 3.8) is 0 Å². The highest BCUT2D eigenvalue weighted by molar-refractivity contribution is 5.64. The van der Waals surface area contributed by atoms with Gasteiger partial charge in [0.1, 0.15) is 0 Å². The Balaban J connectivity index is 2.29. The summed E-state index contributed by atoms with van der Waals surface area (Å²) >= 11 is 0. The number of pyridine rings is 1. The molecular formula is C17H19N. The molecule has 0 spiro atoms. The van der Waals surface area contributed by atoms with E-state index in [4.69, 9.17) is 4.98 Å². The first kappa shape index (κ1) is 11.5. The Morgan fingerprint density at radius 3 is 2.33 bits per heavy atom. The van der Waals surface area contributed by atoms with E-state index < -0.39 is 0 Å². The van der Waals surface area contributed by atoms with Crippen LogP contribution in [0.2, 0.25) is 0 Å².